The first-order chi connectivity index (χ1) is 10.2. The highest BCUT2D eigenvalue weighted by Gasteiger charge is 2.14. The number of aromatic nitrogens is 3. The fourth-order valence-corrected chi connectivity index (χ4v) is 1.84. The number of nitrogens with one attached hydrogen (secondary N) is 1. The zero-order valence-electron chi connectivity index (χ0n) is 12.3. The molecule has 0 saturated carbocycles. The lowest BCUT2D eigenvalue weighted by Crippen LogP contribution is -2.27. The summed E-state index contributed by atoms with van der Waals surface area (Å²) in [5.74, 6) is 0.462. The molecule has 0 aromatic carbocycles. The van der Waals surface area contributed by atoms with Crippen molar-refractivity contribution in [2.24, 2.45) is 0 Å². The summed E-state index contributed by atoms with van der Waals surface area (Å²) in [5.41, 5.74) is 1.31. The summed E-state index contributed by atoms with van der Waals surface area (Å²) in [6.07, 6.45) is 7.54. The zero-order valence-corrected chi connectivity index (χ0v) is 12.3. The van der Waals surface area contributed by atoms with Crippen LogP contribution < -0.4 is 5.32 Å². The summed E-state index contributed by atoms with van der Waals surface area (Å²) in [4.78, 5) is 26.3. The zero-order chi connectivity index (χ0) is 15.1. The average molecular weight is 285 g/mol. The molecule has 6 nitrogen and oxygen atoms in total. The van der Waals surface area contributed by atoms with Crippen LogP contribution in [0.1, 0.15) is 29.4 Å². The number of anilines is 1. The summed E-state index contributed by atoms with van der Waals surface area (Å²) in [5, 5.41) is 3.12. The van der Waals surface area contributed by atoms with Gasteiger partial charge in [-0.15, -0.1) is 0 Å². The van der Waals surface area contributed by atoms with E-state index < -0.39 is 0 Å². The third-order valence-corrected chi connectivity index (χ3v) is 2.90. The van der Waals surface area contributed by atoms with Crippen molar-refractivity contribution in [2.45, 2.75) is 19.9 Å². The largest absolute Gasteiger partial charge is 0.369 e. The predicted molar refractivity (Wildman–Crippen MR) is 80.8 cm³/mol. The highest BCUT2D eigenvalue weighted by Crippen LogP contribution is 2.07. The normalized spacial score (nSPS) is 10.2. The second kappa shape index (κ2) is 7.33. The van der Waals surface area contributed by atoms with Crippen LogP contribution in [0.2, 0.25) is 0 Å². The molecule has 0 radical (unpaired) electrons. The van der Waals surface area contributed by atoms with E-state index in [4.69, 9.17) is 0 Å². The molecule has 2 heterocycles. The van der Waals surface area contributed by atoms with Crippen LogP contribution in [0.3, 0.4) is 0 Å². The average Bonchev–Trinajstić information content (AvgIpc) is 2.53. The molecule has 2 rings (SSSR count). The topological polar surface area (TPSA) is 71.0 Å². The Hall–Kier alpha value is -2.50. The Labute approximate surface area is 124 Å². The van der Waals surface area contributed by atoms with Crippen molar-refractivity contribution in [3.05, 3.63) is 48.2 Å². The van der Waals surface area contributed by atoms with E-state index >= 15 is 0 Å². The Kier molecular flexibility index (Phi) is 5.20. The van der Waals surface area contributed by atoms with Crippen molar-refractivity contribution in [2.75, 3.05) is 18.9 Å². The van der Waals surface area contributed by atoms with E-state index in [0.717, 1.165) is 18.5 Å². The number of rotatable bonds is 6. The van der Waals surface area contributed by atoms with Crippen LogP contribution in [0.5, 0.6) is 0 Å². The lowest BCUT2D eigenvalue weighted by atomic mass is 10.2. The molecule has 0 aliphatic heterocycles. The minimum Gasteiger partial charge on any atom is -0.369 e. The monoisotopic (exact) mass is 285 g/mol. The molecule has 21 heavy (non-hydrogen) atoms. The van der Waals surface area contributed by atoms with Crippen molar-refractivity contribution in [3.63, 3.8) is 0 Å². The fraction of sp³-hybridized carbons (Fsp3) is 0.333. The maximum atomic E-state index is 12.4. The lowest BCUT2D eigenvalue weighted by Gasteiger charge is -2.16. The lowest BCUT2D eigenvalue weighted by molar-refractivity contribution is 0.0779. The fourth-order valence-electron chi connectivity index (χ4n) is 1.84. The number of carbonyl (C=O) groups excluding carboxylic acids is 1. The third-order valence-electron chi connectivity index (χ3n) is 2.90. The van der Waals surface area contributed by atoms with E-state index in [-0.39, 0.29) is 5.91 Å². The van der Waals surface area contributed by atoms with Gasteiger partial charge in [0.05, 0.1) is 12.4 Å². The maximum absolute atomic E-state index is 12.4. The van der Waals surface area contributed by atoms with Gasteiger partial charge in [-0.1, -0.05) is 13.0 Å². The Morgan fingerprint density at radius 2 is 2.14 bits per heavy atom. The summed E-state index contributed by atoms with van der Waals surface area (Å²) in [6.45, 7) is 3.36. The molecule has 6 heteroatoms. The summed E-state index contributed by atoms with van der Waals surface area (Å²) in [6, 6.07) is 3.78. The molecule has 0 bridgehead atoms. The molecule has 0 aliphatic rings. The number of pyridine rings is 1. The van der Waals surface area contributed by atoms with Gasteiger partial charge in [-0.25, -0.2) is 4.98 Å². The van der Waals surface area contributed by atoms with Crippen molar-refractivity contribution >= 4 is 11.7 Å². The van der Waals surface area contributed by atoms with E-state index in [2.05, 4.69) is 27.2 Å². The molecule has 0 atom stereocenters. The molecule has 0 spiro atoms. The highest BCUT2D eigenvalue weighted by molar-refractivity contribution is 5.92. The van der Waals surface area contributed by atoms with Gasteiger partial charge in [0, 0.05) is 32.5 Å². The minimum atomic E-state index is -0.161. The van der Waals surface area contributed by atoms with Crippen molar-refractivity contribution < 1.29 is 4.79 Å². The SMILES string of the molecule is CCCNc1cncc(C(=O)N(C)Cc2cccnc2)n1. The van der Waals surface area contributed by atoms with Crippen LogP contribution in [0.15, 0.2) is 36.9 Å². The second-order valence-electron chi connectivity index (χ2n) is 4.74. The van der Waals surface area contributed by atoms with Gasteiger partial charge in [0.25, 0.3) is 5.91 Å². The van der Waals surface area contributed by atoms with Crippen molar-refractivity contribution in [3.8, 4) is 0 Å². The van der Waals surface area contributed by atoms with Crippen LogP contribution in [0.4, 0.5) is 5.82 Å². The maximum Gasteiger partial charge on any atom is 0.274 e. The molecule has 0 saturated heterocycles. The number of carbonyl (C=O) groups is 1. The minimum absolute atomic E-state index is 0.161. The molecule has 1 N–H and O–H groups in total. The summed E-state index contributed by atoms with van der Waals surface area (Å²) >= 11 is 0. The quantitative estimate of drug-likeness (QED) is 0.878. The predicted octanol–water partition coefficient (Wildman–Crippen LogP) is 1.97. The second-order valence-corrected chi connectivity index (χ2v) is 4.74. The van der Waals surface area contributed by atoms with Gasteiger partial charge >= 0.3 is 0 Å². The molecular weight excluding hydrogens is 266 g/mol. The van der Waals surface area contributed by atoms with Gasteiger partial charge in [-0.05, 0) is 18.1 Å². The first kappa shape index (κ1) is 14.9. The van der Waals surface area contributed by atoms with Crippen LogP contribution in [0, 0.1) is 0 Å². The van der Waals surface area contributed by atoms with Crippen LogP contribution in [0.25, 0.3) is 0 Å². The smallest absolute Gasteiger partial charge is 0.274 e. The number of hydrogen-bond donors (Lipinski definition) is 1. The molecule has 2 aromatic rings. The Bertz CT molecular complexity index is 588. The molecule has 0 fully saturated rings. The Balaban J connectivity index is 2.05. The third kappa shape index (κ3) is 4.24. The first-order valence-corrected chi connectivity index (χ1v) is 6.91. The molecule has 1 amide bonds. The number of hydrogen-bond acceptors (Lipinski definition) is 5. The molecule has 2 aromatic heterocycles. The van der Waals surface area contributed by atoms with Gasteiger partial charge in [0.2, 0.25) is 0 Å². The van der Waals surface area contributed by atoms with Crippen molar-refractivity contribution in [1.82, 2.24) is 19.9 Å². The summed E-state index contributed by atoms with van der Waals surface area (Å²) < 4.78 is 0. The molecular formula is C15H19N5O. The standard InChI is InChI=1S/C15H19N5O/c1-3-6-18-14-10-17-9-13(19-14)15(21)20(2)11-12-5-4-7-16-8-12/h4-5,7-10H,3,6,11H2,1-2H3,(H,18,19). The van der Waals surface area contributed by atoms with E-state index in [1.165, 1.54) is 6.20 Å². The van der Waals surface area contributed by atoms with E-state index in [0.29, 0.717) is 18.1 Å². The van der Waals surface area contributed by atoms with Gasteiger partial charge in [-0.2, -0.15) is 0 Å². The molecule has 110 valence electrons. The molecule has 0 aliphatic carbocycles. The van der Waals surface area contributed by atoms with Crippen molar-refractivity contribution in [1.29, 1.82) is 0 Å². The Morgan fingerprint density at radius 1 is 1.29 bits per heavy atom. The van der Waals surface area contributed by atoms with E-state index in [9.17, 15) is 4.79 Å². The Morgan fingerprint density at radius 3 is 2.86 bits per heavy atom. The number of nitrogens with zero attached hydrogens (tertiary/aromatic N) is 4. The van der Waals surface area contributed by atoms with Gasteiger partial charge in [-0.3, -0.25) is 14.8 Å². The first-order valence-electron chi connectivity index (χ1n) is 6.91. The number of amides is 1. The van der Waals surface area contributed by atoms with Gasteiger partial charge in [0.15, 0.2) is 0 Å². The van der Waals surface area contributed by atoms with Crippen LogP contribution in [-0.4, -0.2) is 39.4 Å². The van der Waals surface area contributed by atoms with Crippen LogP contribution in [-0.2, 0) is 6.54 Å². The van der Waals surface area contributed by atoms with Gasteiger partial charge < -0.3 is 10.2 Å². The van der Waals surface area contributed by atoms with E-state index in [1.54, 1.807) is 30.5 Å². The highest BCUT2D eigenvalue weighted by atomic mass is 16.2. The van der Waals surface area contributed by atoms with E-state index in [1.807, 2.05) is 12.1 Å². The van der Waals surface area contributed by atoms with Crippen LogP contribution >= 0.6 is 0 Å². The molecule has 0 unspecified atom stereocenters. The summed E-state index contributed by atoms with van der Waals surface area (Å²) in [7, 11) is 1.74. The van der Waals surface area contributed by atoms with Gasteiger partial charge in [0.1, 0.15) is 11.5 Å².